The van der Waals surface area contributed by atoms with Crippen molar-refractivity contribution in [2.45, 2.75) is 37.5 Å². The number of carboxylic acids is 1. The van der Waals surface area contributed by atoms with E-state index in [9.17, 15) is 22.8 Å². The zero-order valence-corrected chi connectivity index (χ0v) is 10.0. The number of halogens is 3. The van der Waals surface area contributed by atoms with Gasteiger partial charge >= 0.3 is 12.1 Å². The minimum Gasteiger partial charge on any atom is -0.481 e. The predicted octanol–water partition coefficient (Wildman–Crippen LogP) is 1.03. The summed E-state index contributed by atoms with van der Waals surface area (Å²) in [5.74, 6) is -2.12. The maximum absolute atomic E-state index is 11.9. The van der Waals surface area contributed by atoms with Gasteiger partial charge in [0, 0.05) is 12.1 Å². The van der Waals surface area contributed by atoms with Gasteiger partial charge in [0.05, 0.1) is 5.92 Å². The average Bonchev–Trinajstić information content (AvgIpc) is 2.83. The van der Waals surface area contributed by atoms with Gasteiger partial charge in [-0.05, 0) is 19.3 Å². The Morgan fingerprint density at radius 2 is 2.00 bits per heavy atom. The second kappa shape index (κ2) is 4.99. The zero-order valence-electron chi connectivity index (χ0n) is 10.0. The molecule has 3 unspecified atom stereocenters. The molecule has 0 radical (unpaired) electrons. The molecule has 2 aliphatic heterocycles. The van der Waals surface area contributed by atoms with Crippen molar-refractivity contribution in [3.8, 4) is 0 Å². The first kappa shape index (κ1) is 14.1. The van der Waals surface area contributed by atoms with E-state index in [1.807, 2.05) is 0 Å². The van der Waals surface area contributed by atoms with Gasteiger partial charge in [-0.3, -0.25) is 9.59 Å². The number of hydrogen-bond donors (Lipinski definition) is 1. The van der Waals surface area contributed by atoms with Crippen LogP contribution < -0.4 is 0 Å². The molecule has 2 heterocycles. The fourth-order valence-corrected chi connectivity index (χ4v) is 2.97. The highest BCUT2D eigenvalue weighted by Gasteiger charge is 2.51. The maximum Gasteiger partial charge on any atom is 0.411 e. The third kappa shape index (κ3) is 2.99. The van der Waals surface area contributed by atoms with Crippen molar-refractivity contribution in [3.05, 3.63) is 0 Å². The van der Waals surface area contributed by atoms with Crippen molar-refractivity contribution in [1.29, 1.82) is 0 Å². The molecule has 0 aliphatic carbocycles. The first-order valence-electron chi connectivity index (χ1n) is 5.98. The summed E-state index contributed by atoms with van der Waals surface area (Å²) in [7, 11) is 0. The average molecular weight is 281 g/mol. The van der Waals surface area contributed by atoms with E-state index in [1.165, 1.54) is 4.90 Å². The third-order valence-electron chi connectivity index (χ3n) is 3.63. The molecule has 2 saturated heterocycles. The van der Waals surface area contributed by atoms with Crippen LogP contribution in [0.1, 0.15) is 19.3 Å². The Balaban J connectivity index is 1.89. The Kier molecular flexibility index (Phi) is 3.71. The minimum absolute atomic E-state index is 0.173. The highest BCUT2D eigenvalue weighted by atomic mass is 19.4. The SMILES string of the molecule is O=C(O)C1CC2CCC1N2C(=O)COCC(F)(F)F. The van der Waals surface area contributed by atoms with Crippen molar-refractivity contribution in [2.75, 3.05) is 13.2 Å². The van der Waals surface area contributed by atoms with Gasteiger partial charge in [0.1, 0.15) is 13.2 Å². The van der Waals surface area contributed by atoms with Gasteiger partial charge in [-0.25, -0.2) is 0 Å². The molecule has 0 saturated carbocycles. The van der Waals surface area contributed by atoms with Crippen LogP contribution >= 0.6 is 0 Å². The van der Waals surface area contributed by atoms with Gasteiger partial charge < -0.3 is 14.7 Å². The van der Waals surface area contributed by atoms with Crippen LogP contribution in [0.2, 0.25) is 0 Å². The second-order valence-electron chi connectivity index (χ2n) is 4.89. The lowest BCUT2D eigenvalue weighted by molar-refractivity contribution is -0.178. The van der Waals surface area contributed by atoms with E-state index in [0.29, 0.717) is 19.3 Å². The topological polar surface area (TPSA) is 66.8 Å². The lowest BCUT2D eigenvalue weighted by Crippen LogP contribution is -2.40. The van der Waals surface area contributed by atoms with Crippen molar-refractivity contribution in [1.82, 2.24) is 4.90 Å². The zero-order chi connectivity index (χ0) is 14.2. The Morgan fingerprint density at radius 1 is 1.32 bits per heavy atom. The molecule has 2 rings (SSSR count). The number of alkyl halides is 3. The summed E-state index contributed by atoms with van der Waals surface area (Å²) in [6, 6.07) is -0.572. The molecular weight excluding hydrogens is 267 g/mol. The van der Waals surface area contributed by atoms with Crippen LogP contribution in [-0.4, -0.2) is 53.4 Å². The summed E-state index contributed by atoms with van der Waals surface area (Å²) >= 11 is 0. The molecule has 5 nitrogen and oxygen atoms in total. The van der Waals surface area contributed by atoms with Crippen LogP contribution in [0.3, 0.4) is 0 Å². The van der Waals surface area contributed by atoms with E-state index < -0.39 is 43.2 Å². The van der Waals surface area contributed by atoms with Crippen molar-refractivity contribution in [2.24, 2.45) is 5.92 Å². The van der Waals surface area contributed by atoms with Crippen LogP contribution in [0.4, 0.5) is 13.2 Å². The van der Waals surface area contributed by atoms with E-state index in [2.05, 4.69) is 4.74 Å². The number of ether oxygens (including phenoxy) is 1. The number of amides is 1. The molecule has 1 amide bonds. The summed E-state index contributed by atoms with van der Waals surface area (Å²) in [5.41, 5.74) is 0. The number of rotatable bonds is 4. The normalized spacial score (nSPS) is 29.8. The van der Waals surface area contributed by atoms with Crippen LogP contribution in [0, 0.1) is 5.92 Å². The molecular formula is C11H14F3NO4. The van der Waals surface area contributed by atoms with E-state index in [4.69, 9.17) is 5.11 Å². The Labute approximate surface area is 107 Å². The molecule has 108 valence electrons. The van der Waals surface area contributed by atoms with Crippen LogP contribution in [0.5, 0.6) is 0 Å². The van der Waals surface area contributed by atoms with E-state index in [1.54, 1.807) is 0 Å². The van der Waals surface area contributed by atoms with Gasteiger partial charge in [-0.1, -0.05) is 0 Å². The van der Waals surface area contributed by atoms with Crippen molar-refractivity contribution >= 4 is 11.9 Å². The van der Waals surface area contributed by atoms with Crippen molar-refractivity contribution < 1.29 is 32.6 Å². The van der Waals surface area contributed by atoms with Crippen LogP contribution in [0.15, 0.2) is 0 Å². The highest BCUT2D eigenvalue weighted by molar-refractivity contribution is 5.81. The van der Waals surface area contributed by atoms with Gasteiger partial charge in [-0.2, -0.15) is 13.2 Å². The molecule has 1 N–H and O–H groups in total. The molecule has 2 fully saturated rings. The van der Waals surface area contributed by atoms with Gasteiger partial charge in [0.2, 0.25) is 5.91 Å². The Morgan fingerprint density at radius 3 is 2.53 bits per heavy atom. The molecule has 0 aromatic rings. The van der Waals surface area contributed by atoms with Crippen LogP contribution in [-0.2, 0) is 14.3 Å². The first-order chi connectivity index (χ1) is 8.79. The quantitative estimate of drug-likeness (QED) is 0.835. The lowest BCUT2D eigenvalue weighted by Gasteiger charge is -2.23. The number of hydrogen-bond acceptors (Lipinski definition) is 3. The summed E-state index contributed by atoms with van der Waals surface area (Å²) in [5, 5.41) is 9.00. The Hall–Kier alpha value is -1.31. The summed E-state index contributed by atoms with van der Waals surface area (Å²) in [4.78, 5) is 24.2. The fourth-order valence-electron chi connectivity index (χ4n) is 2.97. The molecule has 0 aromatic carbocycles. The monoisotopic (exact) mass is 281 g/mol. The van der Waals surface area contributed by atoms with Gasteiger partial charge in [0.25, 0.3) is 0 Å². The highest BCUT2D eigenvalue weighted by Crippen LogP contribution is 2.41. The molecule has 2 aliphatic rings. The number of nitrogens with zero attached hydrogens (tertiary/aromatic N) is 1. The van der Waals surface area contributed by atoms with Crippen molar-refractivity contribution in [3.63, 3.8) is 0 Å². The molecule has 2 bridgehead atoms. The lowest BCUT2D eigenvalue weighted by atomic mass is 9.89. The number of carbonyl (C=O) groups is 2. The molecule has 19 heavy (non-hydrogen) atoms. The molecule has 0 aromatic heterocycles. The van der Waals surface area contributed by atoms with E-state index in [-0.39, 0.29) is 6.04 Å². The minimum atomic E-state index is -4.46. The summed E-state index contributed by atoms with van der Waals surface area (Å²) in [6.07, 6.45) is -2.79. The number of carbonyl (C=O) groups excluding carboxylic acids is 1. The third-order valence-corrected chi connectivity index (χ3v) is 3.63. The predicted molar refractivity (Wildman–Crippen MR) is 56.3 cm³/mol. The largest absolute Gasteiger partial charge is 0.481 e. The fraction of sp³-hybridized carbons (Fsp3) is 0.818. The molecule has 0 spiro atoms. The van der Waals surface area contributed by atoms with E-state index >= 15 is 0 Å². The maximum atomic E-state index is 11.9. The number of aliphatic carboxylic acids is 1. The Bertz CT molecular complexity index is 385. The van der Waals surface area contributed by atoms with Gasteiger partial charge in [0.15, 0.2) is 0 Å². The number of fused-ring (bicyclic) bond motifs is 2. The van der Waals surface area contributed by atoms with Crippen LogP contribution in [0.25, 0.3) is 0 Å². The summed E-state index contributed by atoms with van der Waals surface area (Å²) < 4.78 is 40.0. The number of carboxylic acid groups (broad SMARTS) is 1. The smallest absolute Gasteiger partial charge is 0.411 e. The van der Waals surface area contributed by atoms with Gasteiger partial charge in [-0.15, -0.1) is 0 Å². The standard InChI is InChI=1S/C11H14F3NO4/c12-11(13,14)5-19-4-9(16)15-6-1-2-8(15)7(3-6)10(17)18/h6-8H,1-5H2,(H,17,18). The molecule has 3 atom stereocenters. The molecule has 8 heteroatoms. The first-order valence-corrected chi connectivity index (χ1v) is 5.98. The summed E-state index contributed by atoms with van der Waals surface area (Å²) in [6.45, 7) is -2.12. The second-order valence-corrected chi connectivity index (χ2v) is 4.89. The van der Waals surface area contributed by atoms with E-state index in [0.717, 1.165) is 0 Å².